The first kappa shape index (κ1) is 22.1. The van der Waals surface area contributed by atoms with E-state index in [0.29, 0.717) is 6.20 Å². The Hall–Kier alpha value is -3.57. The minimum atomic E-state index is -4.50. The lowest BCUT2D eigenvalue weighted by Crippen LogP contribution is -2.42. The molecular formula is C19H18F4N6O2. The van der Waals surface area contributed by atoms with Gasteiger partial charge in [-0.15, -0.1) is 4.80 Å². The average molecular weight is 438 g/mol. The van der Waals surface area contributed by atoms with E-state index >= 15 is 0 Å². The van der Waals surface area contributed by atoms with Crippen LogP contribution >= 0.6 is 0 Å². The number of hydrogen-bond donors (Lipinski definition) is 0. The molecule has 3 rings (SSSR count). The van der Waals surface area contributed by atoms with Gasteiger partial charge in [0.25, 0.3) is 5.91 Å². The molecule has 0 aliphatic heterocycles. The molecule has 0 aliphatic rings. The molecule has 3 aromatic rings. The van der Waals surface area contributed by atoms with Gasteiger partial charge in [0, 0.05) is 18.8 Å². The van der Waals surface area contributed by atoms with Gasteiger partial charge in [-0.2, -0.15) is 23.4 Å². The summed E-state index contributed by atoms with van der Waals surface area (Å²) in [7, 11) is 0. The molecule has 0 aromatic carbocycles. The molecule has 31 heavy (non-hydrogen) atoms. The fourth-order valence-electron chi connectivity index (χ4n) is 2.86. The predicted molar refractivity (Wildman–Crippen MR) is 100 cm³/mol. The van der Waals surface area contributed by atoms with E-state index in [-0.39, 0.29) is 30.3 Å². The highest BCUT2D eigenvalue weighted by Crippen LogP contribution is 2.29. The lowest BCUT2D eigenvalue weighted by atomic mass is 10.1. The molecule has 0 radical (unpaired) electrons. The van der Waals surface area contributed by atoms with Crippen LogP contribution in [0.15, 0.2) is 43.1 Å². The van der Waals surface area contributed by atoms with E-state index in [9.17, 15) is 22.4 Å². The first-order chi connectivity index (χ1) is 14.7. The number of likely N-dealkylation sites (N-methyl/N-ethyl adjacent to an activating group) is 1. The third-order valence-electron chi connectivity index (χ3n) is 4.40. The largest absolute Gasteiger partial charge is 0.475 e. The molecule has 0 saturated carbocycles. The molecule has 1 atom stereocenters. The minimum Gasteiger partial charge on any atom is -0.475 e. The van der Waals surface area contributed by atoms with Gasteiger partial charge in [-0.25, -0.2) is 9.37 Å². The van der Waals surface area contributed by atoms with Gasteiger partial charge in [-0.3, -0.25) is 9.78 Å². The summed E-state index contributed by atoms with van der Waals surface area (Å²) in [6.07, 6.45) is 1.12. The van der Waals surface area contributed by atoms with E-state index in [2.05, 4.69) is 20.2 Å². The fraction of sp³-hybridized carbons (Fsp3) is 0.316. The normalized spacial score (nSPS) is 12.5. The van der Waals surface area contributed by atoms with Gasteiger partial charge in [0.05, 0.1) is 36.4 Å². The molecule has 0 fully saturated rings. The Morgan fingerprint density at radius 1 is 1.19 bits per heavy atom. The predicted octanol–water partition coefficient (Wildman–Crippen LogP) is 3.14. The van der Waals surface area contributed by atoms with Crippen LogP contribution < -0.4 is 4.74 Å². The molecule has 0 unspecified atom stereocenters. The molecule has 3 heterocycles. The summed E-state index contributed by atoms with van der Waals surface area (Å²) in [6.45, 7) is 3.52. The second-order valence-electron chi connectivity index (χ2n) is 6.47. The van der Waals surface area contributed by atoms with Gasteiger partial charge in [0.2, 0.25) is 5.88 Å². The van der Waals surface area contributed by atoms with Gasteiger partial charge < -0.3 is 9.64 Å². The molecule has 3 aromatic heterocycles. The minimum absolute atomic E-state index is 0.0279. The van der Waals surface area contributed by atoms with Crippen LogP contribution in [0.3, 0.4) is 0 Å². The summed E-state index contributed by atoms with van der Waals surface area (Å²) < 4.78 is 57.8. The quantitative estimate of drug-likeness (QED) is 0.527. The van der Waals surface area contributed by atoms with E-state index in [1.54, 1.807) is 13.8 Å². The molecule has 0 aliphatic carbocycles. The third-order valence-corrected chi connectivity index (χ3v) is 4.40. The summed E-state index contributed by atoms with van der Waals surface area (Å²) in [5.74, 6) is -1.50. The van der Waals surface area contributed by atoms with Gasteiger partial charge in [0.15, 0.2) is 5.82 Å². The highest BCUT2D eigenvalue weighted by Gasteiger charge is 2.31. The Morgan fingerprint density at radius 2 is 1.90 bits per heavy atom. The number of ether oxygens (including phenoxy) is 1. The zero-order valence-corrected chi connectivity index (χ0v) is 16.5. The highest BCUT2D eigenvalue weighted by atomic mass is 19.4. The Balaban J connectivity index is 1.76. The zero-order chi connectivity index (χ0) is 22.6. The second-order valence-corrected chi connectivity index (χ2v) is 6.47. The van der Waals surface area contributed by atoms with Crippen molar-refractivity contribution in [3.05, 3.63) is 60.1 Å². The summed E-state index contributed by atoms with van der Waals surface area (Å²) in [5.41, 5.74) is -1.08. The van der Waals surface area contributed by atoms with E-state index in [0.717, 1.165) is 23.1 Å². The lowest BCUT2D eigenvalue weighted by Gasteiger charge is -2.28. The van der Waals surface area contributed by atoms with Gasteiger partial charge in [0.1, 0.15) is 17.9 Å². The molecule has 0 spiro atoms. The summed E-state index contributed by atoms with van der Waals surface area (Å²) in [6, 6.07) is 1.40. The first-order valence-electron chi connectivity index (χ1n) is 9.19. The van der Waals surface area contributed by atoms with Gasteiger partial charge >= 0.3 is 6.18 Å². The van der Waals surface area contributed by atoms with Gasteiger partial charge in [-0.1, -0.05) is 0 Å². The number of carbonyl (C=O) groups is 1. The van der Waals surface area contributed by atoms with Crippen molar-refractivity contribution < 1.29 is 27.1 Å². The van der Waals surface area contributed by atoms with Crippen molar-refractivity contribution in [3.8, 4) is 11.6 Å². The van der Waals surface area contributed by atoms with E-state index in [4.69, 9.17) is 4.74 Å². The third kappa shape index (κ3) is 4.95. The Kier molecular flexibility index (Phi) is 6.47. The Bertz CT molecular complexity index is 1020. The summed E-state index contributed by atoms with van der Waals surface area (Å²) in [4.78, 5) is 22.9. The Labute approximate surface area is 174 Å². The number of alkyl halides is 3. The van der Waals surface area contributed by atoms with Crippen molar-refractivity contribution in [2.24, 2.45) is 0 Å². The number of hydrogen-bond acceptors (Lipinski definition) is 6. The maximum absolute atomic E-state index is 14.5. The van der Waals surface area contributed by atoms with Crippen LogP contribution in [0.25, 0.3) is 5.69 Å². The second kappa shape index (κ2) is 9.06. The maximum Gasteiger partial charge on any atom is 0.417 e. The number of pyridine rings is 2. The van der Waals surface area contributed by atoms with Crippen molar-refractivity contribution in [1.82, 2.24) is 29.9 Å². The van der Waals surface area contributed by atoms with Crippen LogP contribution in [-0.4, -0.2) is 55.0 Å². The average Bonchev–Trinajstić information content (AvgIpc) is 3.27. The van der Waals surface area contributed by atoms with Crippen LogP contribution in [0.2, 0.25) is 0 Å². The van der Waals surface area contributed by atoms with Crippen molar-refractivity contribution in [1.29, 1.82) is 0 Å². The number of carbonyl (C=O) groups excluding carboxylic acids is 1. The number of halogens is 4. The van der Waals surface area contributed by atoms with Gasteiger partial charge in [-0.05, 0) is 19.9 Å². The van der Waals surface area contributed by atoms with E-state index < -0.39 is 29.5 Å². The molecule has 12 heteroatoms. The summed E-state index contributed by atoms with van der Waals surface area (Å²) in [5, 5.41) is 7.83. The fourth-order valence-corrected chi connectivity index (χ4v) is 2.86. The molecule has 0 saturated heterocycles. The molecular weight excluding hydrogens is 420 g/mol. The monoisotopic (exact) mass is 438 g/mol. The SMILES string of the molecule is CCN(C(=O)c1c(F)cncc1-n1nccn1)[C@@H](C)COc1ccc(C(F)(F)F)cn1. The standard InChI is InChI=1S/C19H18F4N6O2/c1-3-28(12(2)11-31-16-5-4-13(8-25-16)19(21,22)23)18(30)17-14(20)9-24-10-15(17)29-26-6-7-27-29/h4-10,12H,3,11H2,1-2H3/t12-/m0/s1. The topological polar surface area (TPSA) is 86.0 Å². The molecule has 164 valence electrons. The maximum atomic E-state index is 14.5. The first-order valence-corrected chi connectivity index (χ1v) is 9.19. The number of nitrogens with zero attached hydrogens (tertiary/aromatic N) is 6. The summed E-state index contributed by atoms with van der Waals surface area (Å²) >= 11 is 0. The molecule has 0 bridgehead atoms. The van der Waals surface area contributed by atoms with Crippen LogP contribution in [0.4, 0.5) is 17.6 Å². The van der Waals surface area contributed by atoms with Crippen LogP contribution in [0.1, 0.15) is 29.8 Å². The Morgan fingerprint density at radius 3 is 2.48 bits per heavy atom. The van der Waals surface area contributed by atoms with Crippen molar-refractivity contribution in [3.63, 3.8) is 0 Å². The number of rotatable bonds is 7. The zero-order valence-electron chi connectivity index (χ0n) is 16.5. The van der Waals surface area contributed by atoms with Crippen molar-refractivity contribution in [2.75, 3.05) is 13.2 Å². The molecule has 0 N–H and O–H groups in total. The van der Waals surface area contributed by atoms with Crippen molar-refractivity contribution in [2.45, 2.75) is 26.1 Å². The molecule has 8 nitrogen and oxygen atoms in total. The number of amides is 1. The smallest absolute Gasteiger partial charge is 0.417 e. The van der Waals surface area contributed by atoms with Crippen molar-refractivity contribution >= 4 is 5.91 Å². The molecule has 1 amide bonds. The van der Waals surface area contributed by atoms with E-state index in [1.807, 2.05) is 0 Å². The number of aromatic nitrogens is 5. The lowest BCUT2D eigenvalue weighted by molar-refractivity contribution is -0.137. The van der Waals surface area contributed by atoms with Crippen LogP contribution in [0.5, 0.6) is 5.88 Å². The van der Waals surface area contributed by atoms with Crippen LogP contribution in [-0.2, 0) is 6.18 Å². The van der Waals surface area contributed by atoms with E-state index in [1.165, 1.54) is 23.5 Å². The highest BCUT2D eigenvalue weighted by molar-refractivity contribution is 5.98. The van der Waals surface area contributed by atoms with Crippen LogP contribution in [0, 0.1) is 5.82 Å².